The van der Waals surface area contributed by atoms with Crippen LogP contribution in [0.5, 0.6) is 17.2 Å². The minimum absolute atomic E-state index is 0.0827. The third kappa shape index (κ3) is 5.32. The molecule has 0 spiro atoms. The molecule has 2 N–H and O–H groups in total. The van der Waals surface area contributed by atoms with Crippen LogP contribution >= 0.6 is 33.9 Å². The highest BCUT2D eigenvalue weighted by Gasteiger charge is 2.23. The number of likely N-dealkylation sites (tertiary alicyclic amines) is 1. The fourth-order valence-electron chi connectivity index (χ4n) is 4.51. The summed E-state index contributed by atoms with van der Waals surface area (Å²) >= 11 is 3.64. The molecule has 0 amide bonds. The number of carbonyl (C=O) groups is 1. The first kappa shape index (κ1) is 24.1. The largest absolute Gasteiger partial charge is 0.508 e. The maximum absolute atomic E-state index is 13.8. The van der Waals surface area contributed by atoms with Gasteiger partial charge in [0, 0.05) is 41.8 Å². The maximum atomic E-state index is 13.8. The van der Waals surface area contributed by atoms with Crippen LogP contribution in [0.3, 0.4) is 0 Å². The van der Waals surface area contributed by atoms with Crippen molar-refractivity contribution < 1.29 is 19.7 Å². The molecule has 1 aromatic heterocycles. The summed E-state index contributed by atoms with van der Waals surface area (Å²) < 4.78 is 7.62. The van der Waals surface area contributed by atoms with Gasteiger partial charge in [0.2, 0.25) is 0 Å². The predicted octanol–water partition coefficient (Wildman–Crippen LogP) is 6.68. The molecule has 1 aliphatic heterocycles. The molecule has 1 saturated heterocycles. The van der Waals surface area contributed by atoms with Crippen molar-refractivity contribution in [2.45, 2.75) is 19.3 Å². The Kier molecular flexibility index (Phi) is 7.27. The van der Waals surface area contributed by atoms with Crippen LogP contribution in [0.15, 0.2) is 60.7 Å². The number of hydrogen-bond acceptors (Lipinski definition) is 6. The highest BCUT2D eigenvalue weighted by molar-refractivity contribution is 14.1. The number of phenolic OH excluding ortho intramolecular Hbond substituents is 2. The molecule has 2 heterocycles. The van der Waals surface area contributed by atoms with Crippen LogP contribution in [0.4, 0.5) is 0 Å². The lowest BCUT2D eigenvalue weighted by Crippen LogP contribution is -2.33. The fraction of sp³-hybridized carbons (Fsp3) is 0.250. The first-order chi connectivity index (χ1) is 17.0. The van der Waals surface area contributed by atoms with Crippen molar-refractivity contribution in [2.24, 2.45) is 0 Å². The Hall–Kier alpha value is -2.62. The number of aromatic hydroxyl groups is 2. The van der Waals surface area contributed by atoms with Crippen LogP contribution in [0, 0.1) is 3.57 Å². The van der Waals surface area contributed by atoms with Crippen LogP contribution in [0.25, 0.3) is 20.5 Å². The standard InChI is InChI=1S/C28H26INO4S/c29-24-16-19(31)6-10-22(24)28-26(23-11-7-20(32)17-25(23)35-28)27(33)18-4-8-21(9-5-18)34-15-14-30-12-2-1-3-13-30/h4-11,16-17,31-32H,1-3,12-15H2. The van der Waals surface area contributed by atoms with E-state index < -0.39 is 0 Å². The lowest BCUT2D eigenvalue weighted by atomic mass is 9.97. The quantitative estimate of drug-likeness (QED) is 0.183. The topological polar surface area (TPSA) is 70.0 Å². The number of piperidine rings is 1. The number of rotatable bonds is 7. The number of carbonyl (C=O) groups excluding carboxylic acids is 1. The zero-order valence-electron chi connectivity index (χ0n) is 19.2. The van der Waals surface area contributed by atoms with Crippen molar-refractivity contribution in [3.05, 3.63) is 75.4 Å². The third-order valence-electron chi connectivity index (χ3n) is 6.34. The van der Waals surface area contributed by atoms with Crippen molar-refractivity contribution in [1.82, 2.24) is 4.90 Å². The van der Waals surface area contributed by atoms with Gasteiger partial charge in [-0.15, -0.1) is 11.3 Å². The van der Waals surface area contributed by atoms with E-state index in [2.05, 4.69) is 27.5 Å². The van der Waals surface area contributed by atoms with Gasteiger partial charge in [0.25, 0.3) is 0 Å². The van der Waals surface area contributed by atoms with E-state index in [1.165, 1.54) is 30.6 Å². The number of halogens is 1. The Morgan fingerprint density at radius 1 is 0.943 bits per heavy atom. The van der Waals surface area contributed by atoms with E-state index in [-0.39, 0.29) is 17.3 Å². The van der Waals surface area contributed by atoms with Gasteiger partial charge in [-0.2, -0.15) is 0 Å². The summed E-state index contributed by atoms with van der Waals surface area (Å²) in [6, 6.07) is 17.6. The lowest BCUT2D eigenvalue weighted by Gasteiger charge is -2.26. The molecular weight excluding hydrogens is 573 g/mol. The summed E-state index contributed by atoms with van der Waals surface area (Å²) in [6.07, 6.45) is 3.85. The Labute approximate surface area is 222 Å². The number of hydrogen-bond donors (Lipinski definition) is 2. The molecule has 0 aliphatic carbocycles. The van der Waals surface area contributed by atoms with Gasteiger partial charge in [-0.3, -0.25) is 9.69 Å². The van der Waals surface area contributed by atoms with E-state index in [0.29, 0.717) is 17.7 Å². The van der Waals surface area contributed by atoms with E-state index in [4.69, 9.17) is 4.74 Å². The van der Waals surface area contributed by atoms with Gasteiger partial charge in [0.15, 0.2) is 5.78 Å². The van der Waals surface area contributed by atoms with Crippen molar-refractivity contribution >= 4 is 49.8 Å². The van der Waals surface area contributed by atoms with Gasteiger partial charge in [0.1, 0.15) is 23.9 Å². The average Bonchev–Trinajstić information content (AvgIpc) is 3.22. The Morgan fingerprint density at radius 2 is 1.66 bits per heavy atom. The number of phenols is 2. The van der Waals surface area contributed by atoms with Crippen LogP contribution in [-0.4, -0.2) is 47.1 Å². The molecule has 1 fully saturated rings. The van der Waals surface area contributed by atoms with Gasteiger partial charge < -0.3 is 14.9 Å². The molecule has 0 saturated carbocycles. The number of nitrogens with zero attached hydrogens (tertiary/aromatic N) is 1. The first-order valence-corrected chi connectivity index (χ1v) is 13.6. The van der Waals surface area contributed by atoms with Gasteiger partial charge in [-0.25, -0.2) is 0 Å². The van der Waals surface area contributed by atoms with Crippen molar-refractivity contribution in [3.8, 4) is 27.7 Å². The number of fused-ring (bicyclic) bond motifs is 1. The molecule has 180 valence electrons. The first-order valence-electron chi connectivity index (χ1n) is 11.7. The second kappa shape index (κ2) is 10.6. The molecule has 5 nitrogen and oxygen atoms in total. The monoisotopic (exact) mass is 599 g/mol. The summed E-state index contributed by atoms with van der Waals surface area (Å²) in [4.78, 5) is 17.0. The van der Waals surface area contributed by atoms with E-state index in [1.54, 1.807) is 30.3 Å². The zero-order valence-corrected chi connectivity index (χ0v) is 22.1. The molecule has 4 aromatic rings. The third-order valence-corrected chi connectivity index (χ3v) is 8.42. The molecule has 5 rings (SSSR count). The molecule has 0 atom stereocenters. The van der Waals surface area contributed by atoms with E-state index >= 15 is 0 Å². The second-order valence-corrected chi connectivity index (χ2v) is 11.0. The minimum Gasteiger partial charge on any atom is -0.508 e. The Balaban J connectivity index is 1.42. The molecule has 7 heteroatoms. The van der Waals surface area contributed by atoms with Crippen molar-refractivity contribution in [1.29, 1.82) is 0 Å². The second-order valence-electron chi connectivity index (χ2n) is 8.76. The van der Waals surface area contributed by atoms with Gasteiger partial charge >= 0.3 is 0 Å². The molecule has 0 radical (unpaired) electrons. The number of ketones is 1. The smallest absolute Gasteiger partial charge is 0.195 e. The van der Waals surface area contributed by atoms with Crippen LogP contribution < -0.4 is 4.74 Å². The summed E-state index contributed by atoms with van der Waals surface area (Å²) in [5, 5.41) is 20.7. The van der Waals surface area contributed by atoms with Gasteiger partial charge in [-0.05, 0) is 109 Å². The van der Waals surface area contributed by atoms with Crippen molar-refractivity contribution in [3.63, 3.8) is 0 Å². The molecule has 1 aliphatic rings. The van der Waals surface area contributed by atoms with Gasteiger partial charge in [-0.1, -0.05) is 6.42 Å². The van der Waals surface area contributed by atoms with Crippen molar-refractivity contribution in [2.75, 3.05) is 26.2 Å². The molecule has 0 unspecified atom stereocenters. The molecule has 3 aromatic carbocycles. The predicted molar refractivity (Wildman–Crippen MR) is 149 cm³/mol. The number of benzene rings is 3. The molecule has 0 bridgehead atoms. The fourth-order valence-corrected chi connectivity index (χ4v) is 6.73. The molecule has 35 heavy (non-hydrogen) atoms. The normalized spacial score (nSPS) is 14.3. The minimum atomic E-state index is -0.0827. The summed E-state index contributed by atoms with van der Waals surface area (Å²) in [6.45, 7) is 3.84. The summed E-state index contributed by atoms with van der Waals surface area (Å²) in [7, 11) is 0. The number of ether oxygens (including phenoxy) is 1. The summed E-state index contributed by atoms with van der Waals surface area (Å²) in [5.41, 5.74) is 2.06. The van der Waals surface area contributed by atoms with Crippen LogP contribution in [0.2, 0.25) is 0 Å². The SMILES string of the molecule is O=C(c1ccc(OCCN2CCCCC2)cc1)c1c(-c2ccc(O)cc2I)sc2cc(O)ccc12. The number of thiophene rings is 1. The van der Waals surface area contributed by atoms with E-state index in [9.17, 15) is 15.0 Å². The van der Waals surface area contributed by atoms with Crippen LogP contribution in [-0.2, 0) is 0 Å². The maximum Gasteiger partial charge on any atom is 0.195 e. The average molecular weight is 599 g/mol. The molecular formula is C28H26INO4S. The van der Waals surface area contributed by atoms with E-state index in [0.717, 1.165) is 49.5 Å². The van der Waals surface area contributed by atoms with Crippen LogP contribution in [0.1, 0.15) is 35.2 Å². The van der Waals surface area contributed by atoms with Gasteiger partial charge in [0.05, 0.1) is 0 Å². The lowest BCUT2D eigenvalue weighted by molar-refractivity contribution is 0.104. The Bertz CT molecular complexity index is 1360. The van der Waals surface area contributed by atoms with E-state index in [1.807, 2.05) is 30.3 Å². The zero-order chi connectivity index (χ0) is 24.4. The highest BCUT2D eigenvalue weighted by atomic mass is 127. The summed E-state index contributed by atoms with van der Waals surface area (Å²) in [5.74, 6) is 1.02. The highest BCUT2D eigenvalue weighted by Crippen LogP contribution is 2.43. The Morgan fingerprint density at radius 3 is 2.40 bits per heavy atom.